The Labute approximate surface area is 180 Å². The number of carbonyl (C=O) groups excluding carboxylic acids is 1. The number of sulfonamides is 1. The average molecular weight is 445 g/mol. The Hall–Kier alpha value is -2.45. The van der Waals surface area contributed by atoms with Gasteiger partial charge >= 0.3 is 0 Å². The third-order valence-electron chi connectivity index (χ3n) is 5.22. The molecule has 0 aromatic heterocycles. The highest BCUT2D eigenvalue weighted by Gasteiger charge is 2.43. The van der Waals surface area contributed by atoms with Gasteiger partial charge in [-0.05, 0) is 40.6 Å². The van der Waals surface area contributed by atoms with Crippen LogP contribution in [0.5, 0.6) is 0 Å². The molecule has 1 unspecified atom stereocenters. The fourth-order valence-corrected chi connectivity index (χ4v) is 5.59. The number of fused-ring (bicyclic) bond motifs is 1. The second-order valence-electron chi connectivity index (χ2n) is 7.34. The van der Waals surface area contributed by atoms with Crippen LogP contribution in [0.4, 0.5) is 0 Å². The van der Waals surface area contributed by atoms with Crippen molar-refractivity contribution in [3.8, 4) is 0 Å². The summed E-state index contributed by atoms with van der Waals surface area (Å²) in [6, 6.07) is 18.4. The summed E-state index contributed by atoms with van der Waals surface area (Å²) >= 11 is 5.97. The highest BCUT2D eigenvalue weighted by Crippen LogP contribution is 2.28. The zero-order valence-electron chi connectivity index (χ0n) is 16.0. The molecule has 0 radical (unpaired) electrons. The molecule has 3 aromatic rings. The maximum atomic E-state index is 13.3. The van der Waals surface area contributed by atoms with Crippen molar-refractivity contribution in [2.24, 2.45) is 0 Å². The van der Waals surface area contributed by atoms with Gasteiger partial charge in [-0.25, -0.2) is 8.42 Å². The van der Waals surface area contributed by atoms with Gasteiger partial charge in [-0.2, -0.15) is 4.31 Å². The zero-order chi connectivity index (χ0) is 21.3. The van der Waals surface area contributed by atoms with Crippen LogP contribution in [0.2, 0.25) is 5.02 Å². The molecule has 4 rings (SSSR count). The number of nitrogens with zero attached hydrogens (tertiary/aromatic N) is 1. The molecule has 0 aliphatic carbocycles. The van der Waals surface area contributed by atoms with Gasteiger partial charge in [-0.1, -0.05) is 54.1 Å². The Morgan fingerprint density at radius 2 is 1.83 bits per heavy atom. The Bertz CT molecular complexity index is 1200. The van der Waals surface area contributed by atoms with E-state index in [1.54, 1.807) is 30.3 Å². The molecule has 2 N–H and O–H groups in total. The number of aliphatic hydroxyl groups is 1. The van der Waals surface area contributed by atoms with E-state index in [0.717, 1.165) is 20.6 Å². The maximum absolute atomic E-state index is 13.3. The summed E-state index contributed by atoms with van der Waals surface area (Å²) < 4.78 is 27.6. The predicted octanol–water partition coefficient (Wildman–Crippen LogP) is 2.93. The summed E-state index contributed by atoms with van der Waals surface area (Å²) in [4.78, 5) is 12.9. The predicted molar refractivity (Wildman–Crippen MR) is 116 cm³/mol. The first-order chi connectivity index (χ1) is 14.3. The summed E-state index contributed by atoms with van der Waals surface area (Å²) in [5.74, 6) is -0.448. The van der Waals surface area contributed by atoms with E-state index in [1.165, 1.54) is 6.07 Å². The topological polar surface area (TPSA) is 86.7 Å². The van der Waals surface area contributed by atoms with Crippen molar-refractivity contribution in [1.82, 2.24) is 9.62 Å². The number of nitrogens with one attached hydrogen (secondary N) is 1. The Balaban J connectivity index is 1.56. The lowest BCUT2D eigenvalue weighted by Crippen LogP contribution is -2.45. The van der Waals surface area contributed by atoms with Crippen molar-refractivity contribution >= 4 is 38.3 Å². The van der Waals surface area contributed by atoms with Crippen molar-refractivity contribution in [2.45, 2.75) is 30.0 Å². The van der Waals surface area contributed by atoms with Crippen LogP contribution in [0.3, 0.4) is 0 Å². The van der Waals surface area contributed by atoms with Crippen LogP contribution in [0.1, 0.15) is 12.0 Å². The number of carbonyl (C=O) groups is 1. The number of β-amino-alcohol motifs (C(OH)–C–C–N with tert-alkyl or cyclic N) is 1. The lowest BCUT2D eigenvalue weighted by atomic mass is 10.1. The average Bonchev–Trinajstić information content (AvgIpc) is 3.14. The van der Waals surface area contributed by atoms with E-state index in [0.29, 0.717) is 5.02 Å². The molecule has 30 heavy (non-hydrogen) atoms. The largest absolute Gasteiger partial charge is 0.392 e. The van der Waals surface area contributed by atoms with Crippen LogP contribution in [0.25, 0.3) is 10.8 Å². The number of benzene rings is 3. The molecule has 156 valence electrons. The second-order valence-corrected chi connectivity index (χ2v) is 9.66. The van der Waals surface area contributed by atoms with Gasteiger partial charge < -0.3 is 10.4 Å². The molecule has 1 heterocycles. The van der Waals surface area contributed by atoms with Crippen molar-refractivity contribution in [3.05, 3.63) is 77.3 Å². The Morgan fingerprint density at radius 3 is 2.60 bits per heavy atom. The molecule has 8 heteroatoms. The first-order valence-corrected chi connectivity index (χ1v) is 11.4. The van der Waals surface area contributed by atoms with Crippen LogP contribution < -0.4 is 5.32 Å². The minimum absolute atomic E-state index is 0.0498. The van der Waals surface area contributed by atoms with Crippen LogP contribution in [0, 0.1) is 0 Å². The minimum atomic E-state index is -3.96. The second kappa shape index (κ2) is 8.35. The molecule has 1 saturated heterocycles. The molecule has 1 amide bonds. The van der Waals surface area contributed by atoms with Crippen molar-refractivity contribution in [2.75, 3.05) is 6.54 Å². The molecule has 6 nitrogen and oxygen atoms in total. The fraction of sp³-hybridized carbons (Fsp3) is 0.227. The molecule has 1 aliphatic heterocycles. The minimum Gasteiger partial charge on any atom is -0.392 e. The molecule has 3 aromatic carbocycles. The molecule has 1 fully saturated rings. The van der Waals surface area contributed by atoms with Crippen molar-refractivity contribution < 1.29 is 18.3 Å². The summed E-state index contributed by atoms with van der Waals surface area (Å²) in [6.45, 7) is 0.0975. The summed E-state index contributed by atoms with van der Waals surface area (Å²) in [6.07, 6.45) is -0.851. The van der Waals surface area contributed by atoms with E-state index in [4.69, 9.17) is 11.6 Å². The molecule has 0 spiro atoms. The summed E-state index contributed by atoms with van der Waals surface area (Å²) in [7, 11) is -3.96. The Morgan fingerprint density at radius 1 is 1.07 bits per heavy atom. The number of hydrogen-bond donors (Lipinski definition) is 2. The lowest BCUT2D eigenvalue weighted by molar-refractivity contribution is -0.124. The van der Waals surface area contributed by atoms with Gasteiger partial charge in [0.05, 0.1) is 11.0 Å². The standard InChI is InChI=1S/C22H21ClN2O4S/c23-18-7-3-4-15(10-18)13-24-22(27)21-12-19(26)14-25(21)30(28,29)20-9-8-16-5-1-2-6-17(16)11-20/h1-11,19,21,26H,12-14H2,(H,24,27)/t19?,21-/m0/s1. The molecule has 0 bridgehead atoms. The highest BCUT2D eigenvalue weighted by atomic mass is 35.5. The summed E-state index contributed by atoms with van der Waals surface area (Å²) in [5, 5.41) is 15.1. The van der Waals surface area contributed by atoms with Gasteiger partial charge in [0.25, 0.3) is 0 Å². The van der Waals surface area contributed by atoms with Crippen LogP contribution in [0.15, 0.2) is 71.6 Å². The van der Waals surface area contributed by atoms with E-state index >= 15 is 0 Å². The summed E-state index contributed by atoms with van der Waals surface area (Å²) in [5.41, 5.74) is 0.804. The Kier molecular flexibility index (Phi) is 5.79. The molecular weight excluding hydrogens is 424 g/mol. The van der Waals surface area contributed by atoms with Gasteiger partial charge in [0.2, 0.25) is 15.9 Å². The number of amides is 1. The maximum Gasteiger partial charge on any atom is 0.243 e. The van der Waals surface area contributed by atoms with Crippen LogP contribution >= 0.6 is 11.6 Å². The monoisotopic (exact) mass is 444 g/mol. The van der Waals surface area contributed by atoms with Crippen molar-refractivity contribution in [3.63, 3.8) is 0 Å². The van der Waals surface area contributed by atoms with Crippen LogP contribution in [-0.2, 0) is 21.4 Å². The number of aliphatic hydroxyl groups excluding tert-OH is 1. The third kappa shape index (κ3) is 4.20. The number of halogens is 1. The molecular formula is C22H21ClN2O4S. The van der Waals surface area contributed by atoms with Gasteiger partial charge in [-0.3, -0.25) is 4.79 Å². The van der Waals surface area contributed by atoms with Crippen molar-refractivity contribution in [1.29, 1.82) is 0 Å². The van der Waals surface area contributed by atoms with E-state index in [-0.39, 0.29) is 24.4 Å². The van der Waals surface area contributed by atoms with Gasteiger partial charge in [-0.15, -0.1) is 0 Å². The quantitative estimate of drug-likeness (QED) is 0.633. The smallest absolute Gasteiger partial charge is 0.243 e. The van der Waals surface area contributed by atoms with E-state index in [1.807, 2.05) is 30.3 Å². The van der Waals surface area contributed by atoms with E-state index in [2.05, 4.69) is 5.32 Å². The van der Waals surface area contributed by atoms with Crippen LogP contribution in [-0.4, -0.2) is 42.4 Å². The SMILES string of the molecule is O=C(NCc1cccc(Cl)c1)[C@@H]1CC(O)CN1S(=O)(=O)c1ccc2ccccc2c1. The zero-order valence-corrected chi connectivity index (χ0v) is 17.6. The number of rotatable bonds is 5. The molecule has 0 saturated carbocycles. The fourth-order valence-electron chi connectivity index (χ4n) is 3.71. The van der Waals surface area contributed by atoms with E-state index in [9.17, 15) is 18.3 Å². The molecule has 1 aliphatic rings. The first-order valence-electron chi connectivity index (χ1n) is 9.55. The van der Waals surface area contributed by atoms with Gasteiger partial charge in [0.1, 0.15) is 6.04 Å². The van der Waals surface area contributed by atoms with Gasteiger partial charge in [0, 0.05) is 24.5 Å². The highest BCUT2D eigenvalue weighted by molar-refractivity contribution is 7.89. The van der Waals surface area contributed by atoms with Gasteiger partial charge in [0.15, 0.2) is 0 Å². The third-order valence-corrected chi connectivity index (χ3v) is 7.33. The lowest BCUT2D eigenvalue weighted by Gasteiger charge is -2.23. The van der Waals surface area contributed by atoms with E-state index < -0.39 is 28.1 Å². The normalized spacial score (nSPS) is 19.8. The number of hydrogen-bond acceptors (Lipinski definition) is 4. The molecule has 2 atom stereocenters. The first kappa shape index (κ1) is 20.8.